The normalized spacial score (nSPS) is 14.9. The molecule has 1 aliphatic rings. The van der Waals surface area contributed by atoms with Crippen LogP contribution in [0.2, 0.25) is 0 Å². The molecule has 0 saturated carbocycles. The predicted octanol–water partition coefficient (Wildman–Crippen LogP) is 2.86. The lowest BCUT2D eigenvalue weighted by atomic mass is 9.95. The van der Waals surface area contributed by atoms with Crippen LogP contribution in [0.4, 0.5) is 0 Å². The van der Waals surface area contributed by atoms with Crippen molar-refractivity contribution in [3.05, 3.63) is 53.7 Å². The number of aromatic nitrogens is 4. The summed E-state index contributed by atoms with van der Waals surface area (Å²) in [6.07, 6.45) is 4.87. The summed E-state index contributed by atoms with van der Waals surface area (Å²) in [6.45, 7) is 3.17. The van der Waals surface area contributed by atoms with Crippen molar-refractivity contribution in [2.24, 2.45) is 0 Å². The van der Waals surface area contributed by atoms with Crippen molar-refractivity contribution >= 4 is 5.91 Å². The molecule has 144 valence electrons. The first-order valence-electron chi connectivity index (χ1n) is 9.20. The topological polar surface area (TPSA) is 94.2 Å². The summed E-state index contributed by atoms with van der Waals surface area (Å²) in [5.74, 6) is 1.88. The molecule has 3 heterocycles. The van der Waals surface area contributed by atoms with Crippen LogP contribution in [0.15, 0.2) is 41.2 Å². The zero-order chi connectivity index (χ0) is 19.5. The van der Waals surface area contributed by atoms with Gasteiger partial charge < -0.3 is 14.2 Å². The lowest BCUT2D eigenvalue weighted by Gasteiger charge is -2.30. The standard InChI is InChI=1S/C20H21N5O3/c1-13-11-22-17(12-21-13)19-23-18(24-28-19)14-6-8-25(9-7-14)20(26)15-4-3-5-16(10-15)27-2/h3-5,10-12,14H,6-9H2,1-2H3. The van der Waals surface area contributed by atoms with Crippen LogP contribution in [-0.2, 0) is 0 Å². The van der Waals surface area contributed by atoms with Gasteiger partial charge in [0.15, 0.2) is 5.82 Å². The summed E-state index contributed by atoms with van der Waals surface area (Å²) in [4.78, 5) is 27.5. The predicted molar refractivity (Wildman–Crippen MR) is 101 cm³/mol. The minimum atomic E-state index is 0.0149. The van der Waals surface area contributed by atoms with Gasteiger partial charge >= 0.3 is 0 Å². The van der Waals surface area contributed by atoms with E-state index in [1.165, 1.54) is 0 Å². The number of likely N-dealkylation sites (tertiary alicyclic amines) is 1. The second-order valence-electron chi connectivity index (χ2n) is 6.80. The van der Waals surface area contributed by atoms with Gasteiger partial charge in [-0.2, -0.15) is 4.98 Å². The number of rotatable bonds is 4. The molecular weight excluding hydrogens is 358 g/mol. The van der Waals surface area contributed by atoms with Crippen molar-refractivity contribution in [3.8, 4) is 17.3 Å². The van der Waals surface area contributed by atoms with Gasteiger partial charge in [-0.25, -0.2) is 4.98 Å². The van der Waals surface area contributed by atoms with Crippen LogP contribution >= 0.6 is 0 Å². The fourth-order valence-corrected chi connectivity index (χ4v) is 3.29. The molecule has 1 saturated heterocycles. The fraction of sp³-hybridized carbons (Fsp3) is 0.350. The van der Waals surface area contributed by atoms with Crippen LogP contribution in [-0.4, -0.2) is 51.1 Å². The number of methoxy groups -OCH3 is 1. The number of nitrogens with zero attached hydrogens (tertiary/aromatic N) is 5. The van der Waals surface area contributed by atoms with Gasteiger partial charge in [-0.3, -0.25) is 9.78 Å². The molecule has 0 radical (unpaired) electrons. The van der Waals surface area contributed by atoms with Crippen molar-refractivity contribution in [2.45, 2.75) is 25.7 Å². The van der Waals surface area contributed by atoms with Gasteiger partial charge in [-0.15, -0.1) is 0 Å². The average molecular weight is 379 g/mol. The first kappa shape index (κ1) is 18.1. The number of amides is 1. The van der Waals surface area contributed by atoms with E-state index in [2.05, 4.69) is 20.1 Å². The Morgan fingerprint density at radius 2 is 2.04 bits per heavy atom. The van der Waals surface area contributed by atoms with E-state index in [0.29, 0.717) is 41.8 Å². The number of ether oxygens (including phenoxy) is 1. The van der Waals surface area contributed by atoms with Crippen LogP contribution in [0.25, 0.3) is 11.6 Å². The average Bonchev–Trinajstić information content (AvgIpc) is 3.24. The quantitative estimate of drug-likeness (QED) is 0.688. The van der Waals surface area contributed by atoms with Crippen LogP contribution in [0, 0.1) is 6.92 Å². The second kappa shape index (κ2) is 7.75. The van der Waals surface area contributed by atoms with E-state index in [1.54, 1.807) is 25.6 Å². The van der Waals surface area contributed by atoms with Gasteiger partial charge in [-0.05, 0) is 38.0 Å². The van der Waals surface area contributed by atoms with Crippen molar-refractivity contribution in [1.29, 1.82) is 0 Å². The number of hydrogen-bond donors (Lipinski definition) is 0. The molecule has 0 atom stereocenters. The highest BCUT2D eigenvalue weighted by atomic mass is 16.5. The zero-order valence-electron chi connectivity index (χ0n) is 15.8. The summed E-state index contributed by atoms with van der Waals surface area (Å²) < 4.78 is 10.6. The minimum absolute atomic E-state index is 0.0149. The Morgan fingerprint density at radius 3 is 2.75 bits per heavy atom. The van der Waals surface area contributed by atoms with Gasteiger partial charge in [0, 0.05) is 30.8 Å². The molecule has 1 amide bonds. The van der Waals surface area contributed by atoms with E-state index in [4.69, 9.17) is 9.26 Å². The maximum Gasteiger partial charge on any atom is 0.278 e. The third-order valence-corrected chi connectivity index (χ3v) is 4.91. The Kier molecular flexibility index (Phi) is 5.01. The maximum absolute atomic E-state index is 12.7. The van der Waals surface area contributed by atoms with E-state index in [9.17, 15) is 4.79 Å². The number of carbonyl (C=O) groups is 1. The van der Waals surface area contributed by atoms with E-state index >= 15 is 0 Å². The summed E-state index contributed by atoms with van der Waals surface area (Å²) in [5, 5.41) is 4.12. The third kappa shape index (κ3) is 3.71. The molecular formula is C20H21N5O3. The minimum Gasteiger partial charge on any atom is -0.497 e. The van der Waals surface area contributed by atoms with Crippen LogP contribution in [0.1, 0.15) is 40.6 Å². The summed E-state index contributed by atoms with van der Waals surface area (Å²) >= 11 is 0. The van der Waals surface area contributed by atoms with Gasteiger partial charge in [0.1, 0.15) is 11.4 Å². The zero-order valence-corrected chi connectivity index (χ0v) is 15.8. The number of carbonyl (C=O) groups excluding carboxylic acids is 1. The smallest absolute Gasteiger partial charge is 0.278 e. The maximum atomic E-state index is 12.7. The second-order valence-corrected chi connectivity index (χ2v) is 6.80. The fourth-order valence-electron chi connectivity index (χ4n) is 3.29. The Balaban J connectivity index is 1.40. The number of piperidine rings is 1. The van der Waals surface area contributed by atoms with Crippen LogP contribution in [0.5, 0.6) is 5.75 Å². The highest BCUT2D eigenvalue weighted by Gasteiger charge is 2.28. The number of benzene rings is 1. The summed E-state index contributed by atoms with van der Waals surface area (Å²) in [7, 11) is 1.59. The highest BCUT2D eigenvalue weighted by molar-refractivity contribution is 5.94. The first-order valence-corrected chi connectivity index (χ1v) is 9.20. The first-order chi connectivity index (χ1) is 13.6. The van der Waals surface area contributed by atoms with Crippen LogP contribution in [0.3, 0.4) is 0 Å². The molecule has 3 aromatic rings. The van der Waals surface area contributed by atoms with Gasteiger partial charge in [-0.1, -0.05) is 11.2 Å². The molecule has 4 rings (SSSR count). The molecule has 1 aromatic carbocycles. The molecule has 8 nitrogen and oxygen atoms in total. The molecule has 0 spiro atoms. The monoisotopic (exact) mass is 379 g/mol. The lowest BCUT2D eigenvalue weighted by molar-refractivity contribution is 0.0710. The molecule has 2 aromatic heterocycles. The summed E-state index contributed by atoms with van der Waals surface area (Å²) in [5.41, 5.74) is 2.03. The lowest BCUT2D eigenvalue weighted by Crippen LogP contribution is -2.38. The highest BCUT2D eigenvalue weighted by Crippen LogP contribution is 2.28. The Bertz CT molecular complexity index is 962. The number of aryl methyl sites for hydroxylation is 1. The van der Waals surface area contributed by atoms with Crippen molar-refractivity contribution in [3.63, 3.8) is 0 Å². The molecule has 0 bridgehead atoms. The SMILES string of the molecule is COc1cccc(C(=O)N2CCC(c3noc(-c4cnc(C)cn4)n3)CC2)c1. The van der Waals surface area contributed by atoms with Gasteiger partial charge in [0.25, 0.3) is 11.8 Å². The largest absolute Gasteiger partial charge is 0.497 e. The molecule has 1 fully saturated rings. The van der Waals surface area contributed by atoms with E-state index in [1.807, 2.05) is 30.0 Å². The van der Waals surface area contributed by atoms with Gasteiger partial charge in [0.05, 0.1) is 19.0 Å². The molecule has 8 heteroatoms. The molecule has 0 unspecified atom stereocenters. The molecule has 28 heavy (non-hydrogen) atoms. The number of hydrogen-bond acceptors (Lipinski definition) is 7. The van der Waals surface area contributed by atoms with E-state index < -0.39 is 0 Å². The Morgan fingerprint density at radius 1 is 1.21 bits per heavy atom. The summed E-state index contributed by atoms with van der Waals surface area (Å²) in [6, 6.07) is 7.23. The molecule has 0 aliphatic carbocycles. The van der Waals surface area contributed by atoms with Crippen molar-refractivity contribution in [2.75, 3.05) is 20.2 Å². The van der Waals surface area contributed by atoms with E-state index in [-0.39, 0.29) is 11.8 Å². The molecule has 1 aliphatic heterocycles. The van der Waals surface area contributed by atoms with Crippen LogP contribution < -0.4 is 4.74 Å². The Labute approximate surface area is 162 Å². The third-order valence-electron chi connectivity index (χ3n) is 4.91. The Hall–Kier alpha value is -3.29. The molecule has 0 N–H and O–H groups in total. The van der Waals surface area contributed by atoms with Crippen molar-refractivity contribution in [1.82, 2.24) is 25.0 Å². The van der Waals surface area contributed by atoms with Gasteiger partial charge in [0.2, 0.25) is 0 Å². The van der Waals surface area contributed by atoms with E-state index in [0.717, 1.165) is 18.5 Å². The van der Waals surface area contributed by atoms with Crippen molar-refractivity contribution < 1.29 is 14.1 Å².